The van der Waals surface area contributed by atoms with E-state index >= 15 is 0 Å². The molecule has 0 aromatic heterocycles. The van der Waals surface area contributed by atoms with E-state index in [9.17, 15) is 26.7 Å². The summed E-state index contributed by atoms with van der Waals surface area (Å²) in [5, 5.41) is 9.84. The van der Waals surface area contributed by atoms with E-state index in [1.54, 1.807) is 0 Å². The maximum Gasteiger partial charge on any atom is 0.241 e. The van der Waals surface area contributed by atoms with E-state index in [0.717, 1.165) is 30.3 Å². The molecule has 0 saturated carbocycles. The molecule has 0 bridgehead atoms. The van der Waals surface area contributed by atoms with E-state index in [1.165, 1.54) is 13.0 Å². The monoisotopic (exact) mass is 345 g/mol. The van der Waals surface area contributed by atoms with Crippen molar-refractivity contribution in [1.82, 2.24) is 4.72 Å². The number of aryl methyl sites for hydroxylation is 1. The zero-order chi connectivity index (χ0) is 17.2. The molecule has 124 valence electrons. The SMILES string of the molecule is Cc1ccc(F)cc1S(=O)(=O)NCC(O)c1c(F)cccc1F. The minimum absolute atomic E-state index is 0.297. The zero-order valence-corrected chi connectivity index (χ0v) is 12.9. The molecule has 0 saturated heterocycles. The molecule has 2 aromatic carbocycles. The Balaban J connectivity index is 2.21. The Morgan fingerprint density at radius 3 is 2.35 bits per heavy atom. The molecular formula is C15H14F3NO3S. The highest BCUT2D eigenvalue weighted by Gasteiger charge is 2.22. The minimum atomic E-state index is -4.14. The lowest BCUT2D eigenvalue weighted by Gasteiger charge is -2.15. The molecule has 0 aliphatic carbocycles. The van der Waals surface area contributed by atoms with Gasteiger partial charge in [-0.05, 0) is 36.8 Å². The van der Waals surface area contributed by atoms with Crippen molar-refractivity contribution >= 4 is 10.0 Å². The Labute approximate surface area is 131 Å². The van der Waals surface area contributed by atoms with Gasteiger partial charge in [-0.25, -0.2) is 26.3 Å². The average Bonchev–Trinajstić information content (AvgIpc) is 2.47. The Morgan fingerprint density at radius 1 is 1.13 bits per heavy atom. The number of hydrogen-bond donors (Lipinski definition) is 2. The lowest BCUT2D eigenvalue weighted by molar-refractivity contribution is 0.172. The highest BCUT2D eigenvalue weighted by atomic mass is 32.2. The van der Waals surface area contributed by atoms with Crippen molar-refractivity contribution < 1.29 is 26.7 Å². The van der Waals surface area contributed by atoms with Gasteiger partial charge in [0.25, 0.3) is 0 Å². The highest BCUT2D eigenvalue weighted by Crippen LogP contribution is 2.21. The molecule has 0 radical (unpaired) electrons. The van der Waals surface area contributed by atoms with Crippen LogP contribution in [0.2, 0.25) is 0 Å². The predicted molar refractivity (Wildman–Crippen MR) is 77.6 cm³/mol. The summed E-state index contributed by atoms with van der Waals surface area (Å²) >= 11 is 0. The third-order valence-corrected chi connectivity index (χ3v) is 4.80. The molecule has 23 heavy (non-hydrogen) atoms. The van der Waals surface area contributed by atoms with Crippen LogP contribution in [0.5, 0.6) is 0 Å². The van der Waals surface area contributed by atoms with E-state index in [2.05, 4.69) is 0 Å². The Kier molecular flexibility index (Phi) is 5.08. The van der Waals surface area contributed by atoms with Gasteiger partial charge >= 0.3 is 0 Å². The van der Waals surface area contributed by atoms with Gasteiger partial charge in [-0.15, -0.1) is 0 Å². The number of benzene rings is 2. The fourth-order valence-corrected chi connectivity index (χ4v) is 3.35. The fourth-order valence-electron chi connectivity index (χ4n) is 2.06. The number of aliphatic hydroxyl groups excluding tert-OH is 1. The Morgan fingerprint density at radius 2 is 1.74 bits per heavy atom. The summed E-state index contributed by atoms with van der Waals surface area (Å²) in [6.45, 7) is 0.817. The van der Waals surface area contributed by atoms with Gasteiger partial charge < -0.3 is 5.11 Å². The molecule has 1 atom stereocenters. The number of rotatable bonds is 5. The second-order valence-electron chi connectivity index (χ2n) is 4.91. The topological polar surface area (TPSA) is 66.4 Å². The molecule has 2 N–H and O–H groups in total. The number of nitrogens with one attached hydrogen (secondary N) is 1. The van der Waals surface area contributed by atoms with Crippen LogP contribution in [0.1, 0.15) is 17.2 Å². The van der Waals surface area contributed by atoms with Crippen LogP contribution >= 0.6 is 0 Å². The molecule has 8 heteroatoms. The van der Waals surface area contributed by atoms with Crippen molar-refractivity contribution in [2.45, 2.75) is 17.9 Å². The molecule has 2 aromatic rings. The van der Waals surface area contributed by atoms with Crippen molar-refractivity contribution in [3.63, 3.8) is 0 Å². The quantitative estimate of drug-likeness (QED) is 0.875. The highest BCUT2D eigenvalue weighted by molar-refractivity contribution is 7.89. The Hall–Kier alpha value is -1.90. The number of sulfonamides is 1. The number of halogens is 3. The van der Waals surface area contributed by atoms with E-state index in [-0.39, 0.29) is 4.90 Å². The van der Waals surface area contributed by atoms with Gasteiger partial charge in [0.15, 0.2) is 0 Å². The van der Waals surface area contributed by atoms with Crippen molar-refractivity contribution in [3.05, 3.63) is 65.0 Å². The Bertz CT molecular complexity index is 804. The first-order valence-electron chi connectivity index (χ1n) is 6.60. The maximum atomic E-state index is 13.5. The van der Waals surface area contributed by atoms with E-state index in [4.69, 9.17) is 0 Å². The zero-order valence-electron chi connectivity index (χ0n) is 12.1. The van der Waals surface area contributed by atoms with Gasteiger partial charge in [-0.3, -0.25) is 0 Å². The van der Waals surface area contributed by atoms with Gasteiger partial charge in [-0.2, -0.15) is 0 Å². The number of aliphatic hydroxyl groups is 1. The first kappa shape index (κ1) is 17.5. The second-order valence-corrected chi connectivity index (χ2v) is 6.65. The molecule has 0 amide bonds. The first-order valence-corrected chi connectivity index (χ1v) is 8.08. The van der Waals surface area contributed by atoms with Gasteiger partial charge in [0, 0.05) is 6.54 Å². The van der Waals surface area contributed by atoms with Crippen molar-refractivity contribution in [3.8, 4) is 0 Å². The lowest BCUT2D eigenvalue weighted by Crippen LogP contribution is -2.29. The molecule has 4 nitrogen and oxygen atoms in total. The van der Waals surface area contributed by atoms with Crippen LogP contribution in [0.4, 0.5) is 13.2 Å². The van der Waals surface area contributed by atoms with Gasteiger partial charge in [0.2, 0.25) is 10.0 Å². The van der Waals surface area contributed by atoms with E-state index in [0.29, 0.717) is 5.56 Å². The summed E-state index contributed by atoms with van der Waals surface area (Å²) in [6, 6.07) is 6.25. The largest absolute Gasteiger partial charge is 0.387 e. The summed E-state index contributed by atoms with van der Waals surface area (Å²) < 4.78 is 66.6. The summed E-state index contributed by atoms with van der Waals surface area (Å²) in [7, 11) is -4.14. The second kappa shape index (κ2) is 6.69. The molecule has 0 aliphatic rings. The van der Waals surface area contributed by atoms with Crippen molar-refractivity contribution in [1.29, 1.82) is 0 Å². The number of hydrogen-bond acceptors (Lipinski definition) is 3. The standard InChI is InChI=1S/C15H14F3NO3S/c1-9-5-6-10(16)7-14(9)23(21,22)19-8-13(20)15-11(17)3-2-4-12(15)18/h2-7,13,19-20H,8H2,1H3. The van der Waals surface area contributed by atoms with Crippen LogP contribution < -0.4 is 4.72 Å². The summed E-state index contributed by atoms with van der Waals surface area (Å²) in [5.41, 5.74) is -0.336. The lowest BCUT2D eigenvalue weighted by atomic mass is 10.1. The molecule has 2 rings (SSSR count). The van der Waals surface area contributed by atoms with Crippen LogP contribution in [0, 0.1) is 24.4 Å². The van der Waals surface area contributed by atoms with Gasteiger partial charge in [0.05, 0.1) is 16.6 Å². The van der Waals surface area contributed by atoms with Gasteiger partial charge in [0.1, 0.15) is 17.5 Å². The minimum Gasteiger partial charge on any atom is -0.387 e. The molecule has 0 spiro atoms. The summed E-state index contributed by atoms with van der Waals surface area (Å²) in [5.74, 6) is -2.71. The molecular weight excluding hydrogens is 331 g/mol. The maximum absolute atomic E-state index is 13.5. The summed E-state index contributed by atoms with van der Waals surface area (Å²) in [6.07, 6.45) is -1.72. The predicted octanol–water partition coefficient (Wildman–Crippen LogP) is 2.42. The molecule has 1 unspecified atom stereocenters. The third-order valence-electron chi connectivity index (χ3n) is 3.24. The van der Waals surface area contributed by atoms with Crippen LogP contribution in [0.25, 0.3) is 0 Å². The van der Waals surface area contributed by atoms with Crippen molar-refractivity contribution in [2.75, 3.05) is 6.54 Å². The first-order chi connectivity index (χ1) is 10.7. The van der Waals surface area contributed by atoms with E-state index in [1.807, 2.05) is 4.72 Å². The van der Waals surface area contributed by atoms with Crippen LogP contribution in [-0.2, 0) is 10.0 Å². The molecule has 0 heterocycles. The van der Waals surface area contributed by atoms with E-state index < -0.39 is 45.7 Å². The van der Waals surface area contributed by atoms with Crippen LogP contribution in [0.3, 0.4) is 0 Å². The fraction of sp³-hybridized carbons (Fsp3) is 0.200. The van der Waals surface area contributed by atoms with Gasteiger partial charge in [-0.1, -0.05) is 12.1 Å². The summed E-state index contributed by atoms with van der Waals surface area (Å²) in [4.78, 5) is -0.307. The van der Waals surface area contributed by atoms with Crippen LogP contribution in [0.15, 0.2) is 41.3 Å². The third kappa shape index (κ3) is 3.90. The molecule has 0 aliphatic heterocycles. The normalized spacial score (nSPS) is 13.1. The van der Waals surface area contributed by atoms with Crippen LogP contribution in [-0.4, -0.2) is 20.1 Å². The molecule has 0 fully saturated rings. The average molecular weight is 345 g/mol. The smallest absolute Gasteiger partial charge is 0.241 e. The van der Waals surface area contributed by atoms with Crippen molar-refractivity contribution in [2.24, 2.45) is 0 Å².